The summed E-state index contributed by atoms with van der Waals surface area (Å²) in [6.07, 6.45) is 4.99. The van der Waals surface area contributed by atoms with E-state index in [4.69, 9.17) is 9.47 Å². The number of nitrogens with one attached hydrogen (secondary N) is 1. The van der Waals surface area contributed by atoms with E-state index in [-0.39, 0.29) is 5.78 Å². The number of hydrogen-bond acceptors (Lipinski definition) is 3. The van der Waals surface area contributed by atoms with Gasteiger partial charge in [-0.1, -0.05) is 25.3 Å². The number of aromatic nitrogens is 1. The average molecular weight is 283 g/mol. The van der Waals surface area contributed by atoms with E-state index in [0.29, 0.717) is 36.0 Å². The van der Waals surface area contributed by atoms with Crippen LogP contribution >= 0.6 is 0 Å². The maximum Gasteiger partial charge on any atom is 0.209 e. The zero-order valence-corrected chi connectivity index (χ0v) is 11.7. The van der Waals surface area contributed by atoms with Gasteiger partial charge in [-0.25, -0.2) is 0 Å². The van der Waals surface area contributed by atoms with Crippen LogP contribution in [-0.4, -0.2) is 24.0 Å². The standard InChI is InChI=1S/C17H17NO3/c1-3-8-20-14-10-13(11-15(12-14)21-9-4-2)17(19)16-6-5-7-18-16/h3-7,10-12,18H,1-2,8-9H2. The van der Waals surface area contributed by atoms with Gasteiger partial charge in [0.1, 0.15) is 24.7 Å². The van der Waals surface area contributed by atoms with Gasteiger partial charge in [-0.15, -0.1) is 0 Å². The van der Waals surface area contributed by atoms with E-state index in [1.807, 2.05) is 0 Å². The van der Waals surface area contributed by atoms with E-state index < -0.39 is 0 Å². The fourth-order valence-corrected chi connectivity index (χ4v) is 1.81. The molecule has 108 valence electrons. The molecule has 1 N–H and O–H groups in total. The molecule has 2 rings (SSSR count). The summed E-state index contributed by atoms with van der Waals surface area (Å²) in [6.45, 7) is 7.93. The molecule has 21 heavy (non-hydrogen) atoms. The summed E-state index contributed by atoms with van der Waals surface area (Å²) in [5.41, 5.74) is 1.02. The van der Waals surface area contributed by atoms with Gasteiger partial charge in [-0.2, -0.15) is 0 Å². The Balaban J connectivity index is 2.31. The van der Waals surface area contributed by atoms with Crippen molar-refractivity contribution in [1.29, 1.82) is 0 Å². The largest absolute Gasteiger partial charge is 0.489 e. The van der Waals surface area contributed by atoms with Crippen LogP contribution in [0.1, 0.15) is 16.1 Å². The number of hydrogen-bond donors (Lipinski definition) is 1. The number of aromatic amines is 1. The lowest BCUT2D eigenvalue weighted by Crippen LogP contribution is -2.04. The van der Waals surface area contributed by atoms with E-state index in [1.54, 1.807) is 48.7 Å². The molecular weight excluding hydrogens is 266 g/mol. The Hall–Kier alpha value is -2.75. The van der Waals surface area contributed by atoms with Crippen LogP contribution in [-0.2, 0) is 0 Å². The molecule has 1 aromatic heterocycles. The predicted octanol–water partition coefficient (Wildman–Crippen LogP) is 3.38. The maximum atomic E-state index is 12.4. The van der Waals surface area contributed by atoms with Crippen LogP contribution in [0.25, 0.3) is 0 Å². The third-order valence-electron chi connectivity index (χ3n) is 2.72. The summed E-state index contributed by atoms with van der Waals surface area (Å²) in [5.74, 6) is 1.00. The lowest BCUT2D eigenvalue weighted by atomic mass is 10.1. The molecule has 0 bridgehead atoms. The Bertz CT molecular complexity index is 599. The minimum Gasteiger partial charge on any atom is -0.489 e. The van der Waals surface area contributed by atoms with Gasteiger partial charge in [0.15, 0.2) is 0 Å². The summed E-state index contributed by atoms with van der Waals surface area (Å²) in [5, 5.41) is 0. The van der Waals surface area contributed by atoms with E-state index in [1.165, 1.54) is 0 Å². The van der Waals surface area contributed by atoms with Crippen molar-refractivity contribution in [2.24, 2.45) is 0 Å². The number of carbonyl (C=O) groups is 1. The van der Waals surface area contributed by atoms with Gasteiger partial charge in [0.2, 0.25) is 5.78 Å². The first kappa shape index (κ1) is 14.7. The van der Waals surface area contributed by atoms with Crippen LogP contribution < -0.4 is 9.47 Å². The monoisotopic (exact) mass is 283 g/mol. The third-order valence-corrected chi connectivity index (χ3v) is 2.72. The highest BCUT2D eigenvalue weighted by Crippen LogP contribution is 2.24. The van der Waals surface area contributed by atoms with E-state index in [0.717, 1.165) is 0 Å². The topological polar surface area (TPSA) is 51.3 Å². The van der Waals surface area contributed by atoms with Crippen LogP contribution in [0.15, 0.2) is 61.8 Å². The summed E-state index contributed by atoms with van der Waals surface area (Å²) >= 11 is 0. The van der Waals surface area contributed by atoms with E-state index in [2.05, 4.69) is 18.1 Å². The van der Waals surface area contributed by atoms with Gasteiger partial charge >= 0.3 is 0 Å². The van der Waals surface area contributed by atoms with Crippen molar-refractivity contribution in [3.05, 3.63) is 73.1 Å². The predicted molar refractivity (Wildman–Crippen MR) is 82.1 cm³/mol. The maximum absolute atomic E-state index is 12.4. The van der Waals surface area contributed by atoms with Gasteiger partial charge < -0.3 is 14.5 Å². The summed E-state index contributed by atoms with van der Waals surface area (Å²) < 4.78 is 11.0. The highest BCUT2D eigenvalue weighted by Gasteiger charge is 2.13. The second-order valence-electron chi connectivity index (χ2n) is 4.31. The van der Waals surface area contributed by atoms with Crippen molar-refractivity contribution < 1.29 is 14.3 Å². The minimum atomic E-state index is -0.118. The SMILES string of the molecule is C=CCOc1cc(OCC=C)cc(C(=O)c2ccc[nH]2)c1. The Morgan fingerprint density at radius 1 is 1.10 bits per heavy atom. The van der Waals surface area contributed by atoms with Crippen molar-refractivity contribution in [3.8, 4) is 11.5 Å². The molecule has 0 saturated heterocycles. The molecule has 0 spiro atoms. The lowest BCUT2D eigenvalue weighted by molar-refractivity contribution is 0.103. The molecule has 0 amide bonds. The molecule has 0 aliphatic carbocycles. The molecule has 0 aliphatic rings. The van der Waals surface area contributed by atoms with Gasteiger partial charge in [-0.3, -0.25) is 4.79 Å². The normalized spacial score (nSPS) is 9.90. The number of rotatable bonds is 8. The van der Waals surface area contributed by atoms with Gasteiger partial charge in [0.25, 0.3) is 0 Å². The van der Waals surface area contributed by atoms with E-state index in [9.17, 15) is 4.79 Å². The molecule has 0 unspecified atom stereocenters. The third kappa shape index (κ3) is 3.86. The summed E-state index contributed by atoms with van der Waals surface area (Å²) in [6, 6.07) is 8.61. The van der Waals surface area contributed by atoms with Crippen molar-refractivity contribution in [2.75, 3.05) is 13.2 Å². The Labute approximate surface area is 123 Å². The zero-order chi connectivity index (χ0) is 15.1. The van der Waals surface area contributed by atoms with Crippen LogP contribution in [0.5, 0.6) is 11.5 Å². The highest BCUT2D eigenvalue weighted by molar-refractivity contribution is 6.08. The first-order chi connectivity index (χ1) is 10.2. The highest BCUT2D eigenvalue weighted by atomic mass is 16.5. The number of H-pyrrole nitrogens is 1. The molecule has 0 radical (unpaired) electrons. The van der Waals surface area contributed by atoms with Gasteiger partial charge in [0.05, 0.1) is 5.69 Å². The Kier molecular flexibility index (Phi) is 4.99. The lowest BCUT2D eigenvalue weighted by Gasteiger charge is -2.10. The van der Waals surface area contributed by atoms with Crippen molar-refractivity contribution in [3.63, 3.8) is 0 Å². The molecule has 0 atom stereocenters. The average Bonchev–Trinajstić information content (AvgIpc) is 3.04. The van der Waals surface area contributed by atoms with Crippen molar-refractivity contribution in [1.82, 2.24) is 4.98 Å². The van der Waals surface area contributed by atoms with Crippen molar-refractivity contribution >= 4 is 5.78 Å². The molecule has 1 heterocycles. The van der Waals surface area contributed by atoms with Crippen LogP contribution in [0.2, 0.25) is 0 Å². The Morgan fingerprint density at radius 3 is 2.19 bits per heavy atom. The molecule has 0 fully saturated rings. The fourth-order valence-electron chi connectivity index (χ4n) is 1.81. The fraction of sp³-hybridized carbons (Fsp3) is 0.118. The Morgan fingerprint density at radius 2 is 1.71 bits per heavy atom. The van der Waals surface area contributed by atoms with Gasteiger partial charge in [-0.05, 0) is 24.3 Å². The number of benzene rings is 1. The molecule has 2 aromatic rings. The summed E-state index contributed by atoms with van der Waals surface area (Å²) in [4.78, 5) is 15.3. The van der Waals surface area contributed by atoms with E-state index >= 15 is 0 Å². The second-order valence-corrected chi connectivity index (χ2v) is 4.31. The summed E-state index contributed by atoms with van der Waals surface area (Å²) in [7, 11) is 0. The molecule has 4 heteroatoms. The molecular formula is C17H17NO3. The molecule has 1 aromatic carbocycles. The second kappa shape index (κ2) is 7.14. The molecule has 0 aliphatic heterocycles. The smallest absolute Gasteiger partial charge is 0.209 e. The number of ether oxygens (including phenoxy) is 2. The molecule has 4 nitrogen and oxygen atoms in total. The van der Waals surface area contributed by atoms with Crippen LogP contribution in [0, 0.1) is 0 Å². The zero-order valence-electron chi connectivity index (χ0n) is 11.7. The number of ketones is 1. The molecule has 0 saturated carbocycles. The van der Waals surface area contributed by atoms with Gasteiger partial charge in [0, 0.05) is 17.8 Å². The first-order valence-corrected chi connectivity index (χ1v) is 6.55. The van der Waals surface area contributed by atoms with Crippen LogP contribution in [0.3, 0.4) is 0 Å². The van der Waals surface area contributed by atoms with Crippen LogP contribution in [0.4, 0.5) is 0 Å². The first-order valence-electron chi connectivity index (χ1n) is 6.55. The quantitative estimate of drug-likeness (QED) is 0.597. The minimum absolute atomic E-state index is 0.118. The number of carbonyl (C=O) groups excluding carboxylic acids is 1. The van der Waals surface area contributed by atoms with Crippen molar-refractivity contribution in [2.45, 2.75) is 0 Å².